The maximum atomic E-state index is 5.52. The number of nitrogens with one attached hydrogen (secondary N) is 1. The summed E-state index contributed by atoms with van der Waals surface area (Å²) >= 11 is 0. The first-order valence-corrected chi connectivity index (χ1v) is 6.98. The van der Waals surface area contributed by atoms with Gasteiger partial charge in [0.1, 0.15) is 5.75 Å². The van der Waals surface area contributed by atoms with Crippen molar-refractivity contribution in [3.8, 4) is 5.75 Å². The van der Waals surface area contributed by atoms with Gasteiger partial charge in [-0.3, -0.25) is 4.98 Å². The second-order valence-electron chi connectivity index (χ2n) is 5.02. The predicted molar refractivity (Wildman–Crippen MR) is 75.9 cm³/mol. The van der Waals surface area contributed by atoms with Crippen LogP contribution in [0.4, 0.5) is 0 Å². The van der Waals surface area contributed by atoms with Gasteiger partial charge in [-0.15, -0.1) is 0 Å². The predicted octanol–water partition coefficient (Wildman–Crippen LogP) is 3.57. The van der Waals surface area contributed by atoms with E-state index in [2.05, 4.69) is 37.1 Å². The SMILES string of the molecule is CCCNC(CC(C)C)c1cncc(OCC)c1. The molecule has 0 radical (unpaired) electrons. The fraction of sp³-hybridized carbons (Fsp3) is 0.667. The summed E-state index contributed by atoms with van der Waals surface area (Å²) in [5.41, 5.74) is 1.23. The third-order valence-electron chi connectivity index (χ3n) is 2.80. The van der Waals surface area contributed by atoms with Crippen molar-refractivity contribution in [3.63, 3.8) is 0 Å². The number of hydrogen-bond donors (Lipinski definition) is 1. The lowest BCUT2D eigenvalue weighted by Crippen LogP contribution is -2.23. The van der Waals surface area contributed by atoms with Crippen LogP contribution in [0.25, 0.3) is 0 Å². The highest BCUT2D eigenvalue weighted by Crippen LogP contribution is 2.23. The standard InChI is InChI=1S/C15H26N2O/c1-5-7-17-15(8-12(3)4)13-9-14(18-6-2)11-16-10-13/h9-12,15,17H,5-8H2,1-4H3. The highest BCUT2D eigenvalue weighted by atomic mass is 16.5. The first-order valence-electron chi connectivity index (χ1n) is 6.98. The number of nitrogens with zero attached hydrogens (tertiary/aromatic N) is 1. The summed E-state index contributed by atoms with van der Waals surface area (Å²) in [7, 11) is 0. The summed E-state index contributed by atoms with van der Waals surface area (Å²) in [6, 6.07) is 2.48. The Labute approximate surface area is 111 Å². The Bertz CT molecular complexity index is 339. The van der Waals surface area contributed by atoms with E-state index < -0.39 is 0 Å². The summed E-state index contributed by atoms with van der Waals surface area (Å²) in [6.45, 7) is 10.4. The third kappa shape index (κ3) is 5.05. The molecule has 18 heavy (non-hydrogen) atoms. The Morgan fingerprint density at radius 3 is 2.67 bits per heavy atom. The first-order chi connectivity index (χ1) is 8.67. The van der Waals surface area contributed by atoms with Gasteiger partial charge in [-0.2, -0.15) is 0 Å². The van der Waals surface area contributed by atoms with Crippen LogP contribution in [0.3, 0.4) is 0 Å². The van der Waals surface area contributed by atoms with Crippen LogP contribution in [-0.2, 0) is 0 Å². The highest BCUT2D eigenvalue weighted by Gasteiger charge is 2.13. The van der Waals surface area contributed by atoms with E-state index in [0.717, 1.165) is 25.1 Å². The molecule has 0 amide bonds. The van der Waals surface area contributed by atoms with Crippen molar-refractivity contribution in [2.24, 2.45) is 5.92 Å². The number of ether oxygens (including phenoxy) is 1. The van der Waals surface area contributed by atoms with Gasteiger partial charge in [-0.05, 0) is 43.9 Å². The van der Waals surface area contributed by atoms with Gasteiger partial charge in [0.2, 0.25) is 0 Å². The molecule has 0 aromatic carbocycles. The number of hydrogen-bond acceptors (Lipinski definition) is 3. The Morgan fingerprint density at radius 1 is 1.28 bits per heavy atom. The van der Waals surface area contributed by atoms with Crippen LogP contribution >= 0.6 is 0 Å². The average Bonchev–Trinajstić information content (AvgIpc) is 2.35. The van der Waals surface area contributed by atoms with Gasteiger partial charge in [0.05, 0.1) is 12.8 Å². The zero-order valence-electron chi connectivity index (χ0n) is 12.1. The molecule has 0 saturated carbocycles. The molecule has 1 unspecified atom stereocenters. The highest BCUT2D eigenvalue weighted by molar-refractivity contribution is 5.26. The summed E-state index contributed by atoms with van der Waals surface area (Å²) < 4.78 is 5.52. The molecule has 0 aliphatic rings. The maximum absolute atomic E-state index is 5.52. The fourth-order valence-electron chi connectivity index (χ4n) is 2.00. The molecule has 0 spiro atoms. The molecule has 0 aliphatic heterocycles. The van der Waals surface area contributed by atoms with Crippen LogP contribution in [0.15, 0.2) is 18.5 Å². The van der Waals surface area contributed by atoms with Crippen LogP contribution in [-0.4, -0.2) is 18.1 Å². The zero-order valence-corrected chi connectivity index (χ0v) is 12.1. The van der Waals surface area contributed by atoms with Crippen molar-refractivity contribution >= 4 is 0 Å². The first kappa shape index (κ1) is 15.0. The normalized spacial score (nSPS) is 12.7. The van der Waals surface area contributed by atoms with E-state index in [-0.39, 0.29) is 0 Å². The van der Waals surface area contributed by atoms with Crippen LogP contribution in [0.2, 0.25) is 0 Å². The summed E-state index contributed by atoms with van der Waals surface area (Å²) in [6.07, 6.45) is 5.99. The molecule has 1 N–H and O–H groups in total. The van der Waals surface area contributed by atoms with E-state index >= 15 is 0 Å². The van der Waals surface area contributed by atoms with Gasteiger partial charge in [0.15, 0.2) is 0 Å². The summed E-state index contributed by atoms with van der Waals surface area (Å²) in [5, 5.41) is 3.59. The van der Waals surface area contributed by atoms with Crippen molar-refractivity contribution in [1.29, 1.82) is 0 Å². The second-order valence-corrected chi connectivity index (χ2v) is 5.02. The van der Waals surface area contributed by atoms with E-state index in [1.165, 1.54) is 5.56 Å². The van der Waals surface area contributed by atoms with Crippen molar-refractivity contribution in [3.05, 3.63) is 24.0 Å². The molecule has 1 aromatic rings. The zero-order chi connectivity index (χ0) is 13.4. The second kappa shape index (κ2) is 8.09. The summed E-state index contributed by atoms with van der Waals surface area (Å²) in [5.74, 6) is 1.53. The Kier molecular flexibility index (Phi) is 6.73. The van der Waals surface area contributed by atoms with Crippen molar-refractivity contribution in [1.82, 2.24) is 10.3 Å². The van der Waals surface area contributed by atoms with E-state index in [1.807, 2.05) is 13.1 Å². The molecule has 0 bridgehead atoms. The molecule has 1 atom stereocenters. The minimum Gasteiger partial charge on any atom is -0.492 e. The molecule has 1 heterocycles. The number of rotatable bonds is 8. The molecule has 0 fully saturated rings. The largest absolute Gasteiger partial charge is 0.492 e. The van der Waals surface area contributed by atoms with Gasteiger partial charge in [0.25, 0.3) is 0 Å². The van der Waals surface area contributed by atoms with Crippen LogP contribution in [0.1, 0.15) is 52.1 Å². The minimum atomic E-state index is 0.373. The number of pyridine rings is 1. The van der Waals surface area contributed by atoms with Crippen LogP contribution < -0.4 is 10.1 Å². The van der Waals surface area contributed by atoms with Crippen molar-refractivity contribution in [2.75, 3.05) is 13.2 Å². The Morgan fingerprint density at radius 2 is 2.06 bits per heavy atom. The minimum absolute atomic E-state index is 0.373. The lowest BCUT2D eigenvalue weighted by Gasteiger charge is -2.21. The third-order valence-corrected chi connectivity index (χ3v) is 2.80. The average molecular weight is 250 g/mol. The Balaban J connectivity index is 2.78. The molecule has 3 nitrogen and oxygen atoms in total. The molecule has 0 aliphatic carbocycles. The van der Waals surface area contributed by atoms with Gasteiger partial charge in [-0.25, -0.2) is 0 Å². The van der Waals surface area contributed by atoms with E-state index in [9.17, 15) is 0 Å². The lowest BCUT2D eigenvalue weighted by atomic mass is 9.98. The molecular formula is C15H26N2O. The monoisotopic (exact) mass is 250 g/mol. The van der Waals surface area contributed by atoms with Crippen molar-refractivity contribution in [2.45, 2.75) is 46.6 Å². The molecule has 0 saturated heterocycles. The van der Waals surface area contributed by atoms with Gasteiger partial charge >= 0.3 is 0 Å². The van der Waals surface area contributed by atoms with E-state index in [0.29, 0.717) is 18.6 Å². The maximum Gasteiger partial charge on any atom is 0.137 e. The molecule has 1 aromatic heterocycles. The lowest BCUT2D eigenvalue weighted by molar-refractivity contribution is 0.337. The Hall–Kier alpha value is -1.09. The van der Waals surface area contributed by atoms with Crippen LogP contribution in [0, 0.1) is 5.92 Å². The van der Waals surface area contributed by atoms with Gasteiger partial charge in [0, 0.05) is 12.2 Å². The van der Waals surface area contributed by atoms with Gasteiger partial charge in [-0.1, -0.05) is 20.8 Å². The van der Waals surface area contributed by atoms with Gasteiger partial charge < -0.3 is 10.1 Å². The number of aromatic nitrogens is 1. The molecule has 1 rings (SSSR count). The van der Waals surface area contributed by atoms with E-state index in [4.69, 9.17) is 4.74 Å². The van der Waals surface area contributed by atoms with Crippen LogP contribution in [0.5, 0.6) is 5.75 Å². The quantitative estimate of drug-likeness (QED) is 0.766. The smallest absolute Gasteiger partial charge is 0.137 e. The fourth-order valence-corrected chi connectivity index (χ4v) is 2.00. The molecule has 102 valence electrons. The van der Waals surface area contributed by atoms with Crippen molar-refractivity contribution < 1.29 is 4.74 Å². The summed E-state index contributed by atoms with van der Waals surface area (Å²) in [4.78, 5) is 4.27. The van der Waals surface area contributed by atoms with E-state index in [1.54, 1.807) is 6.20 Å². The molecule has 3 heteroatoms. The molecular weight excluding hydrogens is 224 g/mol. The topological polar surface area (TPSA) is 34.2 Å².